The number of fused-ring (bicyclic) bond motifs is 1. The Morgan fingerprint density at radius 3 is 2.39 bits per heavy atom. The fourth-order valence-corrected chi connectivity index (χ4v) is 4.88. The van der Waals surface area contributed by atoms with Gasteiger partial charge in [-0.05, 0) is 63.6 Å². The van der Waals surface area contributed by atoms with Gasteiger partial charge in [-0.15, -0.1) is 0 Å². The molecule has 0 aliphatic carbocycles. The quantitative estimate of drug-likeness (QED) is 0.430. The third-order valence-electron chi connectivity index (χ3n) is 6.93. The summed E-state index contributed by atoms with van der Waals surface area (Å²) < 4.78 is 13.4. The lowest BCUT2D eigenvalue weighted by Crippen LogP contribution is -2.41. The van der Waals surface area contributed by atoms with Gasteiger partial charge in [-0.3, -0.25) is 14.5 Å². The van der Waals surface area contributed by atoms with Crippen LogP contribution in [0.2, 0.25) is 0 Å². The van der Waals surface area contributed by atoms with Crippen LogP contribution in [0.25, 0.3) is 5.69 Å². The lowest BCUT2D eigenvalue weighted by molar-refractivity contribution is -0.130. The van der Waals surface area contributed by atoms with E-state index in [1.807, 2.05) is 49.6 Å². The molecule has 1 saturated heterocycles. The summed E-state index contributed by atoms with van der Waals surface area (Å²) in [5, 5.41) is 2.77. The molecule has 8 nitrogen and oxygen atoms in total. The highest BCUT2D eigenvalue weighted by Gasteiger charge is 2.50. The van der Waals surface area contributed by atoms with Crippen molar-refractivity contribution in [3.63, 3.8) is 0 Å². The maximum absolute atomic E-state index is 13.5. The molecule has 3 aromatic rings. The third-order valence-corrected chi connectivity index (χ3v) is 6.93. The normalized spacial score (nSPS) is 19.3. The van der Waals surface area contributed by atoms with Crippen molar-refractivity contribution in [1.29, 1.82) is 0 Å². The van der Waals surface area contributed by atoms with Crippen LogP contribution in [-0.4, -0.2) is 46.9 Å². The van der Waals surface area contributed by atoms with E-state index in [-0.39, 0.29) is 12.3 Å². The van der Waals surface area contributed by atoms with Crippen molar-refractivity contribution in [2.75, 3.05) is 19.8 Å². The topological polar surface area (TPSA) is 89.9 Å². The number of urea groups is 1. The lowest BCUT2D eigenvalue weighted by atomic mass is 9.91. The van der Waals surface area contributed by atoms with Crippen molar-refractivity contribution in [2.24, 2.45) is 0 Å². The van der Waals surface area contributed by atoms with E-state index in [0.717, 1.165) is 34.0 Å². The molecule has 1 N–H and O–H groups in total. The number of carbonyl (C=O) groups excluding carboxylic acids is 3. The first-order valence-electron chi connectivity index (χ1n) is 12.0. The largest absolute Gasteiger partial charge is 0.490 e. The highest BCUT2D eigenvalue weighted by molar-refractivity contribution is 6.11. The molecule has 0 saturated carbocycles. The first-order valence-corrected chi connectivity index (χ1v) is 12.0. The minimum atomic E-state index is -1.32. The molecule has 0 spiro atoms. The van der Waals surface area contributed by atoms with Crippen molar-refractivity contribution >= 4 is 17.7 Å². The number of hydrogen-bond acceptors (Lipinski definition) is 5. The molecule has 1 unspecified atom stereocenters. The third kappa shape index (κ3) is 3.92. The first-order chi connectivity index (χ1) is 17.2. The smallest absolute Gasteiger partial charge is 0.325 e. The van der Waals surface area contributed by atoms with E-state index in [1.165, 1.54) is 0 Å². The molecule has 1 aromatic heterocycles. The predicted molar refractivity (Wildman–Crippen MR) is 134 cm³/mol. The number of Topliss-reactive ketones (excluding diaryl/α,β-unsaturated/α-hetero) is 1. The zero-order valence-electron chi connectivity index (χ0n) is 20.9. The van der Waals surface area contributed by atoms with Crippen LogP contribution in [0.5, 0.6) is 11.5 Å². The van der Waals surface area contributed by atoms with Crippen molar-refractivity contribution in [3.8, 4) is 17.2 Å². The van der Waals surface area contributed by atoms with Crippen LogP contribution in [-0.2, 0) is 10.3 Å². The minimum absolute atomic E-state index is 0.298. The summed E-state index contributed by atoms with van der Waals surface area (Å²) in [5.74, 6) is 0.356. The standard InChI is InChI=1S/C28H29N3O5/c1-17-6-9-21(10-7-17)31-18(2)14-22(19(31)3)23(32)16-30-26(33)28(4,29-27(30)34)20-8-11-24-25(15-20)36-13-5-12-35-24/h6-11,14-15H,5,12-13,16H2,1-4H3,(H,29,34). The Hall–Kier alpha value is -4.07. The summed E-state index contributed by atoms with van der Waals surface area (Å²) in [5.41, 5.74) is 3.49. The van der Waals surface area contributed by atoms with Gasteiger partial charge in [0.15, 0.2) is 17.3 Å². The van der Waals surface area contributed by atoms with Gasteiger partial charge in [-0.25, -0.2) is 4.79 Å². The van der Waals surface area contributed by atoms with Crippen molar-refractivity contribution in [1.82, 2.24) is 14.8 Å². The van der Waals surface area contributed by atoms with Crippen molar-refractivity contribution in [3.05, 3.63) is 76.6 Å². The zero-order valence-corrected chi connectivity index (χ0v) is 20.9. The number of benzene rings is 2. The van der Waals surface area contributed by atoms with Crippen LogP contribution < -0.4 is 14.8 Å². The highest BCUT2D eigenvalue weighted by Crippen LogP contribution is 2.36. The monoisotopic (exact) mass is 487 g/mol. The van der Waals surface area contributed by atoms with Crippen LogP contribution in [0.3, 0.4) is 0 Å². The number of aromatic nitrogens is 1. The van der Waals surface area contributed by atoms with Gasteiger partial charge >= 0.3 is 6.03 Å². The second kappa shape index (κ2) is 8.86. The first kappa shape index (κ1) is 23.7. The molecular formula is C28H29N3O5. The second-order valence-electron chi connectivity index (χ2n) is 9.54. The van der Waals surface area contributed by atoms with Gasteiger partial charge in [0.2, 0.25) is 0 Å². The Morgan fingerprint density at radius 2 is 1.67 bits per heavy atom. The number of ether oxygens (including phenoxy) is 2. The molecule has 3 heterocycles. The number of imide groups is 1. The molecule has 2 aromatic carbocycles. The summed E-state index contributed by atoms with van der Waals surface area (Å²) >= 11 is 0. The molecule has 2 aliphatic heterocycles. The summed E-state index contributed by atoms with van der Waals surface area (Å²) in [6.45, 7) is 8.18. The molecule has 0 radical (unpaired) electrons. The fourth-order valence-electron chi connectivity index (χ4n) is 4.88. The molecule has 186 valence electrons. The Kier molecular flexibility index (Phi) is 5.82. The lowest BCUT2D eigenvalue weighted by Gasteiger charge is -2.23. The molecule has 36 heavy (non-hydrogen) atoms. The van der Waals surface area contributed by atoms with E-state index in [0.29, 0.717) is 35.8 Å². The molecule has 2 aliphatic rings. The van der Waals surface area contributed by atoms with Crippen LogP contribution in [0, 0.1) is 20.8 Å². The molecular weight excluding hydrogens is 458 g/mol. The van der Waals surface area contributed by atoms with Crippen LogP contribution in [0.1, 0.15) is 46.2 Å². The van der Waals surface area contributed by atoms with E-state index >= 15 is 0 Å². The number of nitrogens with one attached hydrogen (secondary N) is 1. The summed E-state index contributed by atoms with van der Waals surface area (Å²) in [6.07, 6.45) is 0.761. The molecule has 5 rings (SSSR count). The Bertz CT molecular complexity index is 1370. The number of amides is 3. The zero-order chi connectivity index (χ0) is 25.6. The number of nitrogens with zero attached hydrogens (tertiary/aromatic N) is 2. The van der Waals surface area contributed by atoms with Gasteiger partial charge in [0.25, 0.3) is 5.91 Å². The Balaban J connectivity index is 1.39. The van der Waals surface area contributed by atoms with E-state index in [4.69, 9.17) is 9.47 Å². The van der Waals surface area contributed by atoms with Crippen LogP contribution in [0.15, 0.2) is 48.5 Å². The van der Waals surface area contributed by atoms with E-state index in [2.05, 4.69) is 5.32 Å². The average Bonchev–Trinajstić information content (AvgIpc) is 3.13. The van der Waals surface area contributed by atoms with Gasteiger partial charge in [-0.1, -0.05) is 23.8 Å². The maximum Gasteiger partial charge on any atom is 0.325 e. The molecule has 0 bridgehead atoms. The minimum Gasteiger partial charge on any atom is -0.490 e. The van der Waals surface area contributed by atoms with E-state index in [1.54, 1.807) is 31.2 Å². The molecule has 3 amide bonds. The Morgan fingerprint density at radius 1 is 0.972 bits per heavy atom. The molecule has 8 heteroatoms. The number of hydrogen-bond donors (Lipinski definition) is 1. The second-order valence-corrected chi connectivity index (χ2v) is 9.54. The number of rotatable bonds is 5. The average molecular weight is 488 g/mol. The molecule has 1 fully saturated rings. The van der Waals surface area contributed by atoms with Crippen LogP contribution >= 0.6 is 0 Å². The SMILES string of the molecule is Cc1ccc(-n2c(C)cc(C(=O)CN3C(=O)NC(C)(c4ccc5c(c4)OCCCO5)C3=O)c2C)cc1. The number of carbonyl (C=O) groups is 3. The van der Waals surface area contributed by atoms with E-state index in [9.17, 15) is 14.4 Å². The fraction of sp³-hybridized carbons (Fsp3) is 0.321. The Labute approximate surface area is 209 Å². The predicted octanol–water partition coefficient (Wildman–Crippen LogP) is 4.21. The number of ketones is 1. The van der Waals surface area contributed by atoms with Gasteiger partial charge < -0.3 is 19.4 Å². The van der Waals surface area contributed by atoms with Gasteiger partial charge in [0, 0.05) is 29.1 Å². The van der Waals surface area contributed by atoms with Crippen LogP contribution in [0.4, 0.5) is 4.79 Å². The van der Waals surface area contributed by atoms with Gasteiger partial charge in [-0.2, -0.15) is 0 Å². The molecule has 1 atom stereocenters. The van der Waals surface area contributed by atoms with Gasteiger partial charge in [0.05, 0.1) is 19.8 Å². The summed E-state index contributed by atoms with van der Waals surface area (Å²) in [4.78, 5) is 40.6. The van der Waals surface area contributed by atoms with E-state index < -0.39 is 17.5 Å². The summed E-state index contributed by atoms with van der Waals surface area (Å²) in [6, 6.07) is 14.4. The highest BCUT2D eigenvalue weighted by atomic mass is 16.5. The van der Waals surface area contributed by atoms with Gasteiger partial charge in [0.1, 0.15) is 5.54 Å². The maximum atomic E-state index is 13.5. The van der Waals surface area contributed by atoms with Crippen molar-refractivity contribution < 1.29 is 23.9 Å². The van der Waals surface area contributed by atoms with Crippen molar-refractivity contribution in [2.45, 2.75) is 39.7 Å². The summed E-state index contributed by atoms with van der Waals surface area (Å²) in [7, 11) is 0. The number of aryl methyl sites for hydroxylation is 2.